The Morgan fingerprint density at radius 3 is 2.79 bits per heavy atom. The maximum absolute atomic E-state index is 9.31. The zero-order valence-corrected chi connectivity index (χ0v) is 17.1. The van der Waals surface area contributed by atoms with Gasteiger partial charge in [0, 0.05) is 37.3 Å². The number of fused-ring (bicyclic) bond motifs is 3. The number of anilines is 2. The van der Waals surface area contributed by atoms with E-state index in [1.54, 1.807) is 23.6 Å². The fourth-order valence-corrected chi connectivity index (χ4v) is 5.64. The first kappa shape index (κ1) is 18.3. The Hall–Kier alpha value is -2.76. The summed E-state index contributed by atoms with van der Waals surface area (Å²) in [6.45, 7) is 4.12. The Labute approximate surface area is 173 Å². The lowest BCUT2D eigenvalue weighted by atomic mass is 9.97. The van der Waals surface area contributed by atoms with Gasteiger partial charge in [-0.2, -0.15) is 5.26 Å². The van der Waals surface area contributed by atoms with Gasteiger partial charge in [-0.25, -0.2) is 15.0 Å². The van der Waals surface area contributed by atoms with E-state index >= 15 is 0 Å². The van der Waals surface area contributed by atoms with E-state index in [2.05, 4.69) is 25.8 Å². The van der Waals surface area contributed by atoms with Crippen LogP contribution in [0.25, 0.3) is 10.2 Å². The van der Waals surface area contributed by atoms with Crippen molar-refractivity contribution in [3.63, 3.8) is 0 Å². The third-order valence-corrected chi connectivity index (χ3v) is 7.02. The second-order valence-electron chi connectivity index (χ2n) is 7.67. The first-order valence-electron chi connectivity index (χ1n) is 10.1. The number of rotatable bonds is 3. The lowest BCUT2D eigenvalue weighted by Gasteiger charge is -2.35. The fraction of sp³-hybridized carbons (Fsp3) is 0.429. The molecule has 1 saturated heterocycles. The molecule has 1 fully saturated rings. The molecule has 2 aliphatic rings. The molecule has 5 rings (SSSR count). The van der Waals surface area contributed by atoms with Gasteiger partial charge in [-0.15, -0.1) is 11.3 Å². The van der Waals surface area contributed by atoms with E-state index in [4.69, 9.17) is 10.7 Å². The van der Waals surface area contributed by atoms with Crippen LogP contribution in [0.5, 0.6) is 0 Å². The zero-order valence-electron chi connectivity index (χ0n) is 16.3. The molecule has 3 aromatic rings. The molecule has 0 amide bonds. The molecule has 0 saturated carbocycles. The molecule has 148 valence electrons. The molecule has 29 heavy (non-hydrogen) atoms. The lowest BCUT2D eigenvalue weighted by molar-refractivity contribution is 0.244. The number of thiophene rings is 1. The summed E-state index contributed by atoms with van der Waals surface area (Å²) in [4.78, 5) is 20.9. The highest BCUT2D eigenvalue weighted by Crippen LogP contribution is 2.37. The monoisotopic (exact) mass is 405 g/mol. The molecular formula is C21H23N7S. The van der Waals surface area contributed by atoms with E-state index < -0.39 is 0 Å². The molecular weight excluding hydrogens is 382 g/mol. The molecule has 0 unspecified atom stereocenters. The molecule has 3 aromatic heterocycles. The highest BCUT2D eigenvalue weighted by molar-refractivity contribution is 7.19. The Bertz CT molecular complexity index is 1090. The average molecular weight is 406 g/mol. The number of nitrogens with zero attached hydrogens (tertiary/aromatic N) is 6. The molecule has 8 heteroatoms. The predicted octanol–water partition coefficient (Wildman–Crippen LogP) is 2.74. The number of piperazine rings is 1. The molecule has 7 nitrogen and oxygen atoms in total. The Balaban J connectivity index is 1.30. The van der Waals surface area contributed by atoms with Gasteiger partial charge < -0.3 is 10.6 Å². The second kappa shape index (κ2) is 7.58. The van der Waals surface area contributed by atoms with Gasteiger partial charge in [-0.3, -0.25) is 4.90 Å². The number of hydrogen-bond acceptors (Lipinski definition) is 8. The zero-order chi connectivity index (χ0) is 19.8. The van der Waals surface area contributed by atoms with Crippen molar-refractivity contribution >= 4 is 33.2 Å². The van der Waals surface area contributed by atoms with Crippen molar-refractivity contribution in [3.8, 4) is 6.07 Å². The van der Waals surface area contributed by atoms with Gasteiger partial charge in [-0.1, -0.05) is 0 Å². The molecule has 2 N–H and O–H groups in total. The van der Waals surface area contributed by atoms with Crippen LogP contribution in [-0.2, 0) is 19.4 Å². The average Bonchev–Trinajstić information content (AvgIpc) is 3.13. The summed E-state index contributed by atoms with van der Waals surface area (Å²) in [5.74, 6) is 2.22. The van der Waals surface area contributed by atoms with E-state index in [0.717, 1.165) is 60.9 Å². The summed E-state index contributed by atoms with van der Waals surface area (Å²) in [7, 11) is 0. The largest absolute Gasteiger partial charge is 0.383 e. The van der Waals surface area contributed by atoms with E-state index in [9.17, 15) is 5.26 Å². The van der Waals surface area contributed by atoms with Gasteiger partial charge in [0.25, 0.3) is 0 Å². The smallest absolute Gasteiger partial charge is 0.146 e. The maximum Gasteiger partial charge on any atom is 0.146 e. The summed E-state index contributed by atoms with van der Waals surface area (Å²) in [5.41, 5.74) is 8.37. The van der Waals surface area contributed by atoms with Crippen molar-refractivity contribution in [2.24, 2.45) is 0 Å². The number of nitriles is 1. The molecule has 0 atom stereocenters. The predicted molar refractivity (Wildman–Crippen MR) is 115 cm³/mol. The fourth-order valence-electron chi connectivity index (χ4n) is 4.36. The Morgan fingerprint density at radius 2 is 1.97 bits per heavy atom. The Kier molecular flexibility index (Phi) is 4.78. The van der Waals surface area contributed by atoms with Crippen molar-refractivity contribution in [2.75, 3.05) is 36.8 Å². The number of hydrogen-bond donors (Lipinski definition) is 1. The number of aryl methyl sites for hydroxylation is 2. The second-order valence-corrected chi connectivity index (χ2v) is 8.75. The first-order valence-corrected chi connectivity index (χ1v) is 10.9. The van der Waals surface area contributed by atoms with Gasteiger partial charge in [0.1, 0.15) is 28.4 Å². The van der Waals surface area contributed by atoms with Crippen LogP contribution in [0.15, 0.2) is 18.3 Å². The van der Waals surface area contributed by atoms with Crippen LogP contribution in [0.1, 0.15) is 34.7 Å². The number of pyridine rings is 1. The molecule has 4 heterocycles. The van der Waals surface area contributed by atoms with Crippen LogP contribution < -0.4 is 10.6 Å². The van der Waals surface area contributed by atoms with Crippen molar-refractivity contribution in [1.82, 2.24) is 19.9 Å². The van der Waals surface area contributed by atoms with Crippen molar-refractivity contribution in [1.29, 1.82) is 5.26 Å². The molecule has 1 aliphatic carbocycles. The first-order chi connectivity index (χ1) is 14.2. The summed E-state index contributed by atoms with van der Waals surface area (Å²) < 4.78 is 0. The van der Waals surface area contributed by atoms with Crippen molar-refractivity contribution in [2.45, 2.75) is 32.2 Å². The third-order valence-electron chi connectivity index (χ3n) is 5.83. The molecule has 0 bridgehead atoms. The van der Waals surface area contributed by atoms with Crippen LogP contribution >= 0.6 is 11.3 Å². The van der Waals surface area contributed by atoms with E-state index in [1.165, 1.54) is 23.3 Å². The quantitative estimate of drug-likeness (QED) is 0.716. The molecule has 0 spiro atoms. The van der Waals surface area contributed by atoms with Crippen LogP contribution in [0.4, 0.5) is 11.6 Å². The SMILES string of the molecule is N#Cc1cccnc1N1CCN(Cc2nc(N)c3c4c(sc3n2)CCCC4)CC1. The summed E-state index contributed by atoms with van der Waals surface area (Å²) in [5, 5.41) is 10.4. The minimum absolute atomic E-state index is 0.629. The molecule has 0 radical (unpaired) electrons. The maximum atomic E-state index is 9.31. The highest BCUT2D eigenvalue weighted by atomic mass is 32.1. The lowest BCUT2D eigenvalue weighted by Crippen LogP contribution is -2.46. The summed E-state index contributed by atoms with van der Waals surface area (Å²) in [6, 6.07) is 5.86. The minimum atomic E-state index is 0.629. The van der Waals surface area contributed by atoms with E-state index in [1.807, 2.05) is 6.07 Å². The normalized spacial score (nSPS) is 17.3. The third kappa shape index (κ3) is 3.41. The number of nitrogens with two attached hydrogens (primary N) is 1. The molecule has 1 aliphatic heterocycles. The topological polar surface area (TPSA) is 95.0 Å². The minimum Gasteiger partial charge on any atom is -0.383 e. The standard InChI is InChI=1S/C21H23N7S/c22-12-14-4-3-7-24-20(14)28-10-8-27(9-11-28)13-17-25-19(23)18-15-5-1-2-6-16(15)29-21(18)26-17/h3-4,7H,1-2,5-6,8-11,13H2,(H2,23,25,26). The number of nitrogen functional groups attached to an aromatic ring is 1. The number of aromatic nitrogens is 3. The van der Waals surface area contributed by atoms with Crippen LogP contribution in [-0.4, -0.2) is 46.0 Å². The van der Waals surface area contributed by atoms with E-state index in [-0.39, 0.29) is 0 Å². The van der Waals surface area contributed by atoms with Crippen LogP contribution in [0.3, 0.4) is 0 Å². The van der Waals surface area contributed by atoms with E-state index in [0.29, 0.717) is 17.9 Å². The van der Waals surface area contributed by atoms with Gasteiger partial charge >= 0.3 is 0 Å². The molecule has 0 aromatic carbocycles. The highest BCUT2D eigenvalue weighted by Gasteiger charge is 2.23. The van der Waals surface area contributed by atoms with Gasteiger partial charge in [0.05, 0.1) is 17.5 Å². The summed E-state index contributed by atoms with van der Waals surface area (Å²) in [6.07, 6.45) is 6.48. The van der Waals surface area contributed by atoms with Crippen molar-refractivity contribution in [3.05, 3.63) is 40.2 Å². The van der Waals surface area contributed by atoms with Crippen molar-refractivity contribution < 1.29 is 0 Å². The van der Waals surface area contributed by atoms with Crippen LogP contribution in [0, 0.1) is 11.3 Å². The summed E-state index contributed by atoms with van der Waals surface area (Å²) >= 11 is 1.80. The Morgan fingerprint density at radius 1 is 1.14 bits per heavy atom. The van der Waals surface area contributed by atoms with Gasteiger partial charge in [0.2, 0.25) is 0 Å². The van der Waals surface area contributed by atoms with Gasteiger partial charge in [0.15, 0.2) is 0 Å². The van der Waals surface area contributed by atoms with Crippen LogP contribution in [0.2, 0.25) is 0 Å². The van der Waals surface area contributed by atoms with Gasteiger partial charge in [-0.05, 0) is 43.4 Å².